The first kappa shape index (κ1) is 20.8. The van der Waals surface area contributed by atoms with Gasteiger partial charge in [-0.15, -0.1) is 0 Å². The van der Waals surface area contributed by atoms with Gasteiger partial charge in [0.15, 0.2) is 0 Å². The molecule has 1 fully saturated rings. The van der Waals surface area contributed by atoms with E-state index in [1.54, 1.807) is 6.07 Å². The van der Waals surface area contributed by atoms with Crippen LogP contribution in [0.4, 0.5) is 10.7 Å². The molecule has 1 aliphatic carbocycles. The Bertz CT molecular complexity index is 1190. The Balaban J connectivity index is 1.49. The summed E-state index contributed by atoms with van der Waals surface area (Å²) in [4.78, 5) is 22.4. The molecule has 7 heteroatoms. The number of carbonyl (C=O) groups excluding carboxylic acids is 1. The largest absolute Gasteiger partial charge is 0.508 e. The topological polar surface area (TPSA) is 73.6 Å². The zero-order chi connectivity index (χ0) is 22.6. The molecule has 32 heavy (non-hydrogen) atoms. The van der Waals surface area contributed by atoms with E-state index in [0.29, 0.717) is 5.95 Å². The smallest absolute Gasteiger partial charge is 0.324 e. The second kappa shape index (κ2) is 7.52. The number of piperidine rings is 1. The normalized spacial score (nSPS) is 24.9. The van der Waals surface area contributed by atoms with Crippen LogP contribution in [0.1, 0.15) is 31.4 Å². The zero-order valence-corrected chi connectivity index (χ0v) is 19.2. The highest BCUT2D eigenvalue weighted by molar-refractivity contribution is 5.90. The van der Waals surface area contributed by atoms with Crippen molar-refractivity contribution in [1.29, 1.82) is 0 Å². The number of likely N-dealkylation sites (N-methyl/N-ethyl adjacent to an activating group) is 2. The molecule has 2 aliphatic rings. The molecule has 5 rings (SSSR count). The first-order valence-corrected chi connectivity index (χ1v) is 11.3. The van der Waals surface area contributed by atoms with E-state index in [0.717, 1.165) is 42.5 Å². The molecule has 2 N–H and O–H groups in total. The number of hydrogen-bond acceptors (Lipinski definition) is 4. The SMILES string of the molecule is CCn1c(NC(=O)N(C)[C@H]2[C@H]3Cc4ccc(O)cc4[C@]2(C)CCN3C)nc2ccccc21. The van der Waals surface area contributed by atoms with Crippen molar-refractivity contribution in [3.05, 3.63) is 53.6 Å². The van der Waals surface area contributed by atoms with E-state index in [4.69, 9.17) is 0 Å². The van der Waals surface area contributed by atoms with Gasteiger partial charge in [0.1, 0.15) is 5.75 Å². The van der Waals surface area contributed by atoms with Gasteiger partial charge < -0.3 is 19.5 Å². The Labute approximate surface area is 188 Å². The average molecular weight is 434 g/mol. The minimum absolute atomic E-state index is 0.0185. The fourth-order valence-corrected chi connectivity index (χ4v) is 5.94. The number of imidazole rings is 1. The van der Waals surface area contributed by atoms with Gasteiger partial charge in [-0.05, 0) is 68.8 Å². The molecule has 0 saturated carbocycles. The van der Waals surface area contributed by atoms with E-state index in [9.17, 15) is 9.90 Å². The number of benzene rings is 2. The maximum atomic E-state index is 13.5. The third-order valence-electron chi connectivity index (χ3n) is 7.63. The summed E-state index contributed by atoms with van der Waals surface area (Å²) in [6.45, 7) is 5.98. The molecule has 2 bridgehead atoms. The first-order valence-electron chi connectivity index (χ1n) is 11.3. The van der Waals surface area contributed by atoms with Gasteiger partial charge in [-0.25, -0.2) is 9.78 Å². The zero-order valence-electron chi connectivity index (χ0n) is 19.2. The molecular formula is C25H31N5O2. The minimum atomic E-state index is -0.236. The fraction of sp³-hybridized carbons (Fsp3) is 0.440. The number of phenols is 1. The van der Waals surface area contributed by atoms with E-state index in [1.165, 1.54) is 5.56 Å². The number of hydrogen-bond donors (Lipinski definition) is 2. The second-order valence-corrected chi connectivity index (χ2v) is 9.42. The van der Waals surface area contributed by atoms with E-state index < -0.39 is 0 Å². The van der Waals surface area contributed by atoms with Gasteiger partial charge in [-0.3, -0.25) is 5.32 Å². The number of anilines is 1. The number of para-hydroxylation sites is 2. The van der Waals surface area contributed by atoms with Crippen molar-refractivity contribution in [3.63, 3.8) is 0 Å². The van der Waals surface area contributed by atoms with Crippen LogP contribution in [0.2, 0.25) is 0 Å². The Morgan fingerprint density at radius 3 is 2.88 bits per heavy atom. The summed E-state index contributed by atoms with van der Waals surface area (Å²) in [5.41, 5.74) is 4.07. The van der Waals surface area contributed by atoms with Crippen molar-refractivity contribution >= 4 is 23.0 Å². The highest BCUT2D eigenvalue weighted by Gasteiger charge is 2.52. The number of amides is 2. The highest BCUT2D eigenvalue weighted by atomic mass is 16.3. The average Bonchev–Trinajstić information content (AvgIpc) is 3.13. The van der Waals surface area contributed by atoms with E-state index in [-0.39, 0.29) is 29.3 Å². The number of fused-ring (bicyclic) bond motifs is 5. The Kier molecular flexibility index (Phi) is 4.89. The molecule has 0 radical (unpaired) electrons. The lowest BCUT2D eigenvalue weighted by atomic mass is 9.61. The van der Waals surface area contributed by atoms with Gasteiger partial charge in [0.25, 0.3) is 0 Å². The highest BCUT2D eigenvalue weighted by Crippen LogP contribution is 2.47. The van der Waals surface area contributed by atoms with Crippen LogP contribution in [0.3, 0.4) is 0 Å². The third-order valence-corrected chi connectivity index (χ3v) is 7.63. The number of nitrogens with one attached hydrogen (secondary N) is 1. The standard InChI is InChI=1S/C25H31N5O2/c1-5-30-20-9-7-6-8-19(20)26-23(30)27-24(32)29(4)22-21-14-16-10-11-17(31)15-18(16)25(22,2)12-13-28(21)3/h6-11,15,21-22,31H,5,12-14H2,1-4H3,(H,26,27,32)/t21-,22+,25+/m1/s1. The Morgan fingerprint density at radius 1 is 1.31 bits per heavy atom. The summed E-state index contributed by atoms with van der Waals surface area (Å²) in [7, 11) is 4.03. The molecule has 0 spiro atoms. The quantitative estimate of drug-likeness (QED) is 0.659. The number of nitrogens with zero attached hydrogens (tertiary/aromatic N) is 4. The predicted molar refractivity (Wildman–Crippen MR) is 126 cm³/mol. The number of likely N-dealkylation sites (tertiary alicyclic amines) is 1. The summed E-state index contributed by atoms with van der Waals surface area (Å²) in [6.07, 6.45) is 1.78. The van der Waals surface area contributed by atoms with Crippen LogP contribution >= 0.6 is 0 Å². The van der Waals surface area contributed by atoms with Gasteiger partial charge >= 0.3 is 6.03 Å². The van der Waals surface area contributed by atoms with Crippen LogP contribution in [0.5, 0.6) is 5.75 Å². The van der Waals surface area contributed by atoms with Crippen LogP contribution in [0.25, 0.3) is 11.0 Å². The van der Waals surface area contributed by atoms with Crippen molar-refractivity contribution in [3.8, 4) is 5.75 Å². The van der Waals surface area contributed by atoms with Gasteiger partial charge in [-0.2, -0.15) is 0 Å². The summed E-state index contributed by atoms with van der Waals surface area (Å²) < 4.78 is 2.03. The molecule has 3 aromatic rings. The molecule has 3 atom stereocenters. The second-order valence-electron chi connectivity index (χ2n) is 9.42. The van der Waals surface area contributed by atoms with Crippen LogP contribution in [-0.2, 0) is 18.4 Å². The predicted octanol–water partition coefficient (Wildman–Crippen LogP) is 3.81. The summed E-state index contributed by atoms with van der Waals surface area (Å²) in [5, 5.41) is 13.3. The number of aromatic nitrogens is 2. The molecule has 2 aromatic carbocycles. The maximum absolute atomic E-state index is 13.5. The summed E-state index contributed by atoms with van der Waals surface area (Å²) in [6, 6.07) is 13.7. The van der Waals surface area contributed by atoms with Crippen molar-refractivity contribution < 1.29 is 9.90 Å². The summed E-state index contributed by atoms with van der Waals surface area (Å²) >= 11 is 0. The number of urea groups is 1. The molecule has 1 saturated heterocycles. The third kappa shape index (κ3) is 3.06. The number of aromatic hydroxyl groups is 1. The lowest BCUT2D eigenvalue weighted by Crippen LogP contribution is -2.67. The van der Waals surface area contributed by atoms with Gasteiger partial charge in [0.05, 0.1) is 17.1 Å². The van der Waals surface area contributed by atoms with E-state index in [1.807, 2.05) is 52.9 Å². The minimum Gasteiger partial charge on any atom is -0.508 e. The van der Waals surface area contributed by atoms with Crippen LogP contribution < -0.4 is 5.32 Å². The summed E-state index contributed by atoms with van der Waals surface area (Å²) in [5.74, 6) is 0.855. The van der Waals surface area contributed by atoms with Crippen LogP contribution in [-0.4, -0.2) is 63.2 Å². The molecule has 2 amide bonds. The molecule has 168 valence electrons. The molecule has 1 aliphatic heterocycles. The van der Waals surface area contributed by atoms with Crippen molar-refractivity contribution in [2.45, 2.75) is 50.7 Å². The van der Waals surface area contributed by atoms with E-state index >= 15 is 0 Å². The van der Waals surface area contributed by atoms with E-state index in [2.05, 4.69) is 36.1 Å². The van der Waals surface area contributed by atoms with Crippen molar-refractivity contribution in [2.75, 3.05) is 26.0 Å². The first-order chi connectivity index (χ1) is 15.3. The lowest BCUT2D eigenvalue weighted by molar-refractivity contribution is 0.0213. The van der Waals surface area contributed by atoms with Gasteiger partial charge in [0, 0.05) is 25.0 Å². The molecule has 1 aromatic heterocycles. The van der Waals surface area contributed by atoms with Crippen LogP contribution in [0, 0.1) is 0 Å². The van der Waals surface area contributed by atoms with Gasteiger partial charge in [-0.1, -0.05) is 25.1 Å². The number of aryl methyl sites for hydroxylation is 1. The number of phenolic OH excluding ortho intramolecular Hbond substituents is 1. The Morgan fingerprint density at radius 2 is 2.09 bits per heavy atom. The van der Waals surface area contributed by atoms with Gasteiger partial charge in [0.2, 0.25) is 5.95 Å². The Hall–Kier alpha value is -3.06. The molecule has 2 heterocycles. The lowest BCUT2D eigenvalue weighted by Gasteiger charge is -2.57. The van der Waals surface area contributed by atoms with Crippen LogP contribution in [0.15, 0.2) is 42.5 Å². The molecular weight excluding hydrogens is 402 g/mol. The number of rotatable bonds is 3. The molecule has 7 nitrogen and oxygen atoms in total. The maximum Gasteiger partial charge on any atom is 0.324 e. The fourth-order valence-electron chi connectivity index (χ4n) is 5.94. The molecule has 0 unspecified atom stereocenters. The number of carbonyl (C=O) groups is 1. The monoisotopic (exact) mass is 433 g/mol. The van der Waals surface area contributed by atoms with Crippen molar-refractivity contribution in [1.82, 2.24) is 19.4 Å². The van der Waals surface area contributed by atoms with Crippen molar-refractivity contribution in [2.24, 2.45) is 0 Å².